The smallest absolute Gasteiger partial charge is 0.0865 e. The zero-order valence-electron chi connectivity index (χ0n) is 12.2. The van der Waals surface area contributed by atoms with Crippen molar-refractivity contribution >= 4 is 11.6 Å². The molecule has 2 aromatic heterocycles. The molecule has 0 saturated heterocycles. The number of nitrogens with one attached hydrogen (secondary N) is 1. The van der Waals surface area contributed by atoms with Crippen molar-refractivity contribution in [3.63, 3.8) is 0 Å². The Bertz CT molecular complexity index is 562. The predicted molar refractivity (Wildman–Crippen MR) is 80.1 cm³/mol. The van der Waals surface area contributed by atoms with Crippen LogP contribution < -0.4 is 5.32 Å². The summed E-state index contributed by atoms with van der Waals surface area (Å²) >= 11 is 6.27. The molecule has 0 aromatic carbocycles. The Morgan fingerprint density at radius 1 is 1.45 bits per heavy atom. The average Bonchev–Trinajstić information content (AvgIpc) is 2.96. The molecular weight excluding hydrogens is 276 g/mol. The van der Waals surface area contributed by atoms with Crippen molar-refractivity contribution in [1.82, 2.24) is 19.7 Å². The Balaban J connectivity index is 1.95. The van der Waals surface area contributed by atoms with Gasteiger partial charge < -0.3 is 14.6 Å². The molecule has 5 nitrogen and oxygen atoms in total. The van der Waals surface area contributed by atoms with E-state index in [1.165, 1.54) is 5.56 Å². The van der Waals surface area contributed by atoms with Gasteiger partial charge in [0.25, 0.3) is 0 Å². The first-order valence-corrected chi connectivity index (χ1v) is 7.02. The summed E-state index contributed by atoms with van der Waals surface area (Å²) in [7, 11) is 3.63. The van der Waals surface area contributed by atoms with E-state index in [9.17, 15) is 0 Å². The zero-order valence-corrected chi connectivity index (χ0v) is 12.9. The maximum Gasteiger partial charge on any atom is 0.0865 e. The maximum absolute atomic E-state index is 6.27. The van der Waals surface area contributed by atoms with Crippen molar-refractivity contribution in [3.8, 4) is 0 Å². The highest BCUT2D eigenvalue weighted by Gasteiger charge is 2.11. The number of halogens is 1. The first-order valence-electron chi connectivity index (χ1n) is 6.64. The van der Waals surface area contributed by atoms with Crippen LogP contribution in [0.15, 0.2) is 18.5 Å². The lowest BCUT2D eigenvalue weighted by atomic mass is 10.3. The van der Waals surface area contributed by atoms with E-state index in [1.54, 1.807) is 7.11 Å². The average molecular weight is 297 g/mol. The molecule has 0 atom stereocenters. The molecule has 0 bridgehead atoms. The van der Waals surface area contributed by atoms with E-state index in [4.69, 9.17) is 16.3 Å². The topological polar surface area (TPSA) is 44.0 Å². The van der Waals surface area contributed by atoms with E-state index >= 15 is 0 Å². The Hall–Kier alpha value is -1.30. The maximum atomic E-state index is 6.27. The molecule has 20 heavy (non-hydrogen) atoms. The second-order valence-corrected chi connectivity index (χ2v) is 5.21. The third-order valence-electron chi connectivity index (χ3n) is 3.22. The molecule has 110 valence electrons. The van der Waals surface area contributed by atoms with Crippen LogP contribution in [-0.2, 0) is 24.9 Å². The van der Waals surface area contributed by atoms with E-state index in [0.29, 0.717) is 0 Å². The number of ether oxygens (including phenoxy) is 1. The third-order valence-corrected chi connectivity index (χ3v) is 3.71. The van der Waals surface area contributed by atoms with E-state index in [0.717, 1.165) is 42.7 Å². The lowest BCUT2D eigenvalue weighted by Crippen LogP contribution is -2.18. The molecule has 6 heteroatoms. The minimum atomic E-state index is 0.727. The van der Waals surface area contributed by atoms with Gasteiger partial charge in [-0.1, -0.05) is 11.6 Å². The van der Waals surface area contributed by atoms with Crippen molar-refractivity contribution < 1.29 is 4.74 Å². The number of nitrogens with zero attached hydrogens (tertiary/aromatic N) is 3. The summed E-state index contributed by atoms with van der Waals surface area (Å²) in [6.07, 6.45) is 4.18. The first-order chi connectivity index (χ1) is 9.61. The molecule has 0 fully saturated rings. The molecule has 0 radical (unpaired) electrons. The van der Waals surface area contributed by atoms with Crippen LogP contribution in [0.25, 0.3) is 0 Å². The van der Waals surface area contributed by atoms with Crippen LogP contribution in [0.3, 0.4) is 0 Å². The fourth-order valence-corrected chi connectivity index (χ4v) is 2.35. The molecule has 0 aliphatic heterocycles. The molecule has 1 N–H and O–H groups in total. The van der Waals surface area contributed by atoms with Gasteiger partial charge in [0.1, 0.15) is 0 Å². The predicted octanol–water partition coefficient (Wildman–Crippen LogP) is 1.97. The molecule has 0 aliphatic rings. The van der Waals surface area contributed by atoms with Gasteiger partial charge in [0.05, 0.1) is 29.6 Å². The van der Waals surface area contributed by atoms with Crippen LogP contribution in [-0.4, -0.2) is 34.6 Å². The standard InChI is InChI=1S/C14H21ClN4O/c1-11-14(15)13(18(2)17-11)10-19-6-4-12(9-19)8-16-5-7-20-3/h4,6,9,16H,5,7-8,10H2,1-3H3. The van der Waals surface area contributed by atoms with Crippen molar-refractivity contribution in [2.45, 2.75) is 20.0 Å². The molecular formula is C14H21ClN4O. The Morgan fingerprint density at radius 3 is 2.90 bits per heavy atom. The first kappa shape index (κ1) is 15.1. The largest absolute Gasteiger partial charge is 0.383 e. The third kappa shape index (κ3) is 3.62. The summed E-state index contributed by atoms with van der Waals surface area (Å²) in [5, 5.41) is 8.40. The van der Waals surface area contributed by atoms with Crippen LogP contribution in [0.4, 0.5) is 0 Å². The molecule has 0 unspecified atom stereocenters. The number of methoxy groups -OCH3 is 1. The number of hydrogen-bond acceptors (Lipinski definition) is 3. The number of hydrogen-bond donors (Lipinski definition) is 1. The minimum Gasteiger partial charge on any atom is -0.383 e. The highest BCUT2D eigenvalue weighted by molar-refractivity contribution is 6.31. The quantitative estimate of drug-likeness (QED) is 0.795. The van der Waals surface area contributed by atoms with E-state index in [1.807, 2.05) is 18.7 Å². The number of rotatable bonds is 7. The molecule has 2 heterocycles. The Morgan fingerprint density at radius 2 is 2.25 bits per heavy atom. The van der Waals surface area contributed by atoms with Gasteiger partial charge >= 0.3 is 0 Å². The Kier molecular flexibility index (Phi) is 5.23. The second kappa shape index (κ2) is 6.92. The summed E-state index contributed by atoms with van der Waals surface area (Å²) in [6.45, 7) is 5.08. The zero-order chi connectivity index (χ0) is 14.5. The van der Waals surface area contributed by atoms with Crippen molar-refractivity contribution in [3.05, 3.63) is 40.4 Å². The minimum absolute atomic E-state index is 0.727. The van der Waals surface area contributed by atoms with Crippen LogP contribution in [0, 0.1) is 6.92 Å². The van der Waals surface area contributed by atoms with Crippen LogP contribution >= 0.6 is 11.6 Å². The summed E-state index contributed by atoms with van der Waals surface area (Å²) in [4.78, 5) is 0. The van der Waals surface area contributed by atoms with Gasteiger partial charge in [0, 0.05) is 39.6 Å². The highest BCUT2D eigenvalue weighted by Crippen LogP contribution is 2.20. The van der Waals surface area contributed by atoms with Gasteiger partial charge in [0.15, 0.2) is 0 Å². The van der Waals surface area contributed by atoms with Crippen LogP contribution in [0.1, 0.15) is 17.0 Å². The molecule has 0 aliphatic carbocycles. The van der Waals surface area contributed by atoms with Crippen molar-refractivity contribution in [2.24, 2.45) is 7.05 Å². The molecule has 0 spiro atoms. The number of aromatic nitrogens is 3. The van der Waals surface area contributed by atoms with E-state index in [2.05, 4.69) is 33.4 Å². The molecule has 2 aromatic rings. The second-order valence-electron chi connectivity index (χ2n) is 4.83. The van der Waals surface area contributed by atoms with Gasteiger partial charge in [-0.25, -0.2) is 0 Å². The lowest BCUT2D eigenvalue weighted by molar-refractivity contribution is 0.199. The number of aryl methyl sites for hydroxylation is 2. The van der Waals surface area contributed by atoms with Gasteiger partial charge in [-0.3, -0.25) is 4.68 Å². The van der Waals surface area contributed by atoms with Crippen LogP contribution in [0.5, 0.6) is 0 Å². The van der Waals surface area contributed by atoms with Gasteiger partial charge in [-0.05, 0) is 18.6 Å². The van der Waals surface area contributed by atoms with E-state index < -0.39 is 0 Å². The summed E-state index contributed by atoms with van der Waals surface area (Å²) in [5.74, 6) is 0. The molecule has 2 rings (SSSR count). The van der Waals surface area contributed by atoms with Crippen molar-refractivity contribution in [1.29, 1.82) is 0 Å². The van der Waals surface area contributed by atoms with Gasteiger partial charge in [-0.15, -0.1) is 0 Å². The highest BCUT2D eigenvalue weighted by atomic mass is 35.5. The fraction of sp³-hybridized carbons (Fsp3) is 0.500. The summed E-state index contributed by atoms with van der Waals surface area (Å²) < 4.78 is 8.96. The SMILES string of the molecule is COCCNCc1ccn(Cc2c(Cl)c(C)nn2C)c1. The van der Waals surface area contributed by atoms with Crippen LogP contribution in [0.2, 0.25) is 5.02 Å². The summed E-state index contributed by atoms with van der Waals surface area (Å²) in [6, 6.07) is 2.11. The Labute approximate surface area is 124 Å². The fourth-order valence-electron chi connectivity index (χ4n) is 2.13. The normalized spacial score (nSPS) is 11.2. The van der Waals surface area contributed by atoms with Gasteiger partial charge in [-0.2, -0.15) is 5.10 Å². The molecule has 0 amide bonds. The van der Waals surface area contributed by atoms with Crippen molar-refractivity contribution in [2.75, 3.05) is 20.3 Å². The summed E-state index contributed by atoms with van der Waals surface area (Å²) in [5.41, 5.74) is 3.15. The van der Waals surface area contributed by atoms with E-state index in [-0.39, 0.29) is 0 Å². The van der Waals surface area contributed by atoms with Gasteiger partial charge in [0.2, 0.25) is 0 Å². The lowest BCUT2D eigenvalue weighted by Gasteiger charge is -2.05. The molecule has 0 saturated carbocycles. The monoisotopic (exact) mass is 296 g/mol.